The number of benzene rings is 1. The summed E-state index contributed by atoms with van der Waals surface area (Å²) in [5, 5.41) is 2.54. The second-order valence-electron chi connectivity index (χ2n) is 5.12. The molecule has 3 rings (SSSR count). The van der Waals surface area contributed by atoms with Crippen LogP contribution in [-0.4, -0.2) is 26.6 Å². The minimum Gasteiger partial charge on any atom is -0.492 e. The van der Waals surface area contributed by atoms with Crippen LogP contribution >= 0.6 is 11.3 Å². The summed E-state index contributed by atoms with van der Waals surface area (Å²) >= 11 is 1.62. The molecule has 126 valence electrons. The summed E-state index contributed by atoms with van der Waals surface area (Å²) in [5.41, 5.74) is 0.556. The number of thiophene rings is 1. The molecule has 1 aromatic carbocycles. The standard InChI is InChI=1S/C17H18N2O3S2/c1-2-22-15-7-8-16(14-6-3-10-18-17(14)15)24(20,21)19-11-9-13-5-4-12-23-13/h3-8,10,12,19H,2,9,11H2,1H3. The molecule has 24 heavy (non-hydrogen) atoms. The highest BCUT2D eigenvalue weighted by Gasteiger charge is 2.19. The van der Waals surface area contributed by atoms with Crippen LogP contribution in [0.4, 0.5) is 0 Å². The van der Waals surface area contributed by atoms with Gasteiger partial charge in [0.15, 0.2) is 0 Å². The molecule has 0 spiro atoms. The van der Waals surface area contributed by atoms with Gasteiger partial charge in [0.25, 0.3) is 0 Å². The third-order valence-electron chi connectivity index (χ3n) is 3.53. The summed E-state index contributed by atoms with van der Waals surface area (Å²) in [7, 11) is -3.61. The Morgan fingerprint density at radius 2 is 2.08 bits per heavy atom. The Morgan fingerprint density at radius 3 is 2.83 bits per heavy atom. The highest BCUT2D eigenvalue weighted by Crippen LogP contribution is 2.29. The molecule has 2 heterocycles. The van der Waals surface area contributed by atoms with Gasteiger partial charge in [-0.05, 0) is 49.1 Å². The summed E-state index contributed by atoms with van der Waals surface area (Å²) in [4.78, 5) is 5.65. The molecule has 0 atom stereocenters. The Balaban J connectivity index is 1.88. The fourth-order valence-corrected chi connectivity index (χ4v) is 4.40. The molecule has 1 N–H and O–H groups in total. The lowest BCUT2D eigenvalue weighted by Crippen LogP contribution is -2.26. The first kappa shape index (κ1) is 16.9. The zero-order chi connectivity index (χ0) is 17.0. The molecule has 7 heteroatoms. The Hall–Kier alpha value is -1.96. The van der Waals surface area contributed by atoms with Crippen molar-refractivity contribution in [2.24, 2.45) is 0 Å². The third kappa shape index (κ3) is 3.58. The van der Waals surface area contributed by atoms with Crippen LogP contribution in [0, 0.1) is 0 Å². The quantitative estimate of drug-likeness (QED) is 0.701. The van der Waals surface area contributed by atoms with E-state index in [1.165, 1.54) is 0 Å². The van der Waals surface area contributed by atoms with Crippen LogP contribution in [0.3, 0.4) is 0 Å². The van der Waals surface area contributed by atoms with Gasteiger partial charge in [0.2, 0.25) is 10.0 Å². The number of sulfonamides is 1. The number of pyridine rings is 1. The second kappa shape index (κ2) is 7.29. The lowest BCUT2D eigenvalue weighted by atomic mass is 10.2. The number of nitrogens with one attached hydrogen (secondary N) is 1. The van der Waals surface area contributed by atoms with Crippen molar-refractivity contribution >= 4 is 32.3 Å². The first-order valence-electron chi connectivity index (χ1n) is 7.64. The molecule has 0 saturated carbocycles. The molecule has 0 fully saturated rings. The van der Waals surface area contributed by atoms with Gasteiger partial charge in [-0.2, -0.15) is 0 Å². The van der Waals surface area contributed by atoms with Gasteiger partial charge in [-0.25, -0.2) is 13.1 Å². The Labute approximate surface area is 145 Å². The highest BCUT2D eigenvalue weighted by atomic mass is 32.2. The third-order valence-corrected chi connectivity index (χ3v) is 5.98. The van der Waals surface area contributed by atoms with Gasteiger partial charge >= 0.3 is 0 Å². The summed E-state index contributed by atoms with van der Waals surface area (Å²) in [6.07, 6.45) is 2.30. The van der Waals surface area contributed by atoms with Crippen molar-refractivity contribution in [2.45, 2.75) is 18.2 Å². The summed E-state index contributed by atoms with van der Waals surface area (Å²) in [5.74, 6) is 0.589. The minimum atomic E-state index is -3.61. The maximum Gasteiger partial charge on any atom is 0.241 e. The molecule has 0 amide bonds. The lowest BCUT2D eigenvalue weighted by Gasteiger charge is -2.12. The number of hydrogen-bond acceptors (Lipinski definition) is 5. The average Bonchev–Trinajstić information content (AvgIpc) is 3.08. The number of nitrogens with zero attached hydrogens (tertiary/aromatic N) is 1. The number of rotatable bonds is 7. The van der Waals surface area contributed by atoms with E-state index in [0.29, 0.717) is 36.2 Å². The van der Waals surface area contributed by atoms with Crippen molar-refractivity contribution < 1.29 is 13.2 Å². The summed E-state index contributed by atoms with van der Waals surface area (Å²) in [6.45, 7) is 2.74. The van der Waals surface area contributed by atoms with Gasteiger partial charge in [-0.3, -0.25) is 4.98 Å². The Kier molecular flexibility index (Phi) is 5.13. The maximum atomic E-state index is 12.7. The predicted molar refractivity (Wildman–Crippen MR) is 96.1 cm³/mol. The van der Waals surface area contributed by atoms with Crippen molar-refractivity contribution in [3.63, 3.8) is 0 Å². The van der Waals surface area contributed by atoms with Crippen LogP contribution in [-0.2, 0) is 16.4 Å². The van der Waals surface area contributed by atoms with E-state index >= 15 is 0 Å². The average molecular weight is 362 g/mol. The molecular weight excluding hydrogens is 344 g/mol. The Bertz CT molecular complexity index is 922. The van der Waals surface area contributed by atoms with E-state index in [1.54, 1.807) is 41.8 Å². The van der Waals surface area contributed by atoms with Gasteiger partial charge in [0, 0.05) is 23.0 Å². The number of aromatic nitrogens is 1. The van der Waals surface area contributed by atoms with E-state index in [9.17, 15) is 8.42 Å². The molecular formula is C17H18N2O3S2. The van der Waals surface area contributed by atoms with Gasteiger partial charge in [-0.1, -0.05) is 6.07 Å². The number of ether oxygens (including phenoxy) is 1. The van der Waals surface area contributed by atoms with Crippen LogP contribution in [0.5, 0.6) is 5.75 Å². The minimum absolute atomic E-state index is 0.222. The van der Waals surface area contributed by atoms with Crippen molar-refractivity contribution in [3.8, 4) is 5.75 Å². The van der Waals surface area contributed by atoms with E-state index in [-0.39, 0.29) is 4.90 Å². The highest BCUT2D eigenvalue weighted by molar-refractivity contribution is 7.89. The van der Waals surface area contributed by atoms with Crippen LogP contribution in [0.15, 0.2) is 52.9 Å². The molecule has 3 aromatic rings. The van der Waals surface area contributed by atoms with Crippen LogP contribution in [0.25, 0.3) is 10.9 Å². The first-order chi connectivity index (χ1) is 11.6. The predicted octanol–water partition coefficient (Wildman–Crippen LogP) is 3.22. The van der Waals surface area contributed by atoms with Crippen LogP contribution in [0.1, 0.15) is 11.8 Å². The van der Waals surface area contributed by atoms with Crippen molar-refractivity contribution in [3.05, 3.63) is 52.9 Å². The monoisotopic (exact) mass is 362 g/mol. The molecule has 0 aliphatic carbocycles. The largest absolute Gasteiger partial charge is 0.492 e. The van der Waals surface area contributed by atoms with Crippen molar-refractivity contribution in [1.29, 1.82) is 0 Å². The zero-order valence-corrected chi connectivity index (χ0v) is 14.9. The lowest BCUT2D eigenvalue weighted by molar-refractivity contribution is 0.343. The topological polar surface area (TPSA) is 68.3 Å². The van der Waals surface area contributed by atoms with Crippen LogP contribution in [0.2, 0.25) is 0 Å². The normalized spacial score (nSPS) is 11.7. The second-order valence-corrected chi connectivity index (χ2v) is 7.89. The van der Waals surface area contributed by atoms with E-state index in [2.05, 4.69) is 9.71 Å². The van der Waals surface area contributed by atoms with Crippen molar-refractivity contribution in [1.82, 2.24) is 9.71 Å². The molecule has 0 saturated heterocycles. The number of hydrogen-bond donors (Lipinski definition) is 1. The van der Waals surface area contributed by atoms with E-state index in [1.807, 2.05) is 24.4 Å². The fraction of sp³-hybridized carbons (Fsp3) is 0.235. The van der Waals surface area contributed by atoms with Gasteiger partial charge in [0.05, 0.1) is 11.5 Å². The summed E-state index contributed by atoms with van der Waals surface area (Å²) < 4.78 is 33.5. The van der Waals surface area contributed by atoms with Crippen molar-refractivity contribution in [2.75, 3.05) is 13.2 Å². The Morgan fingerprint density at radius 1 is 1.21 bits per heavy atom. The van der Waals surface area contributed by atoms with Crippen LogP contribution < -0.4 is 9.46 Å². The fourth-order valence-electron chi connectivity index (χ4n) is 2.47. The van der Waals surface area contributed by atoms with Gasteiger partial charge < -0.3 is 4.74 Å². The SMILES string of the molecule is CCOc1ccc(S(=O)(=O)NCCc2cccs2)c2cccnc12. The van der Waals surface area contributed by atoms with Gasteiger partial charge in [0.1, 0.15) is 11.3 Å². The van der Waals surface area contributed by atoms with E-state index in [4.69, 9.17) is 4.74 Å². The van der Waals surface area contributed by atoms with E-state index < -0.39 is 10.0 Å². The molecule has 0 aliphatic heterocycles. The first-order valence-corrected chi connectivity index (χ1v) is 10.0. The molecule has 2 aromatic heterocycles. The smallest absolute Gasteiger partial charge is 0.241 e. The molecule has 0 radical (unpaired) electrons. The molecule has 0 bridgehead atoms. The maximum absolute atomic E-state index is 12.7. The molecule has 5 nitrogen and oxygen atoms in total. The summed E-state index contributed by atoms with van der Waals surface area (Å²) in [6, 6.07) is 10.7. The number of fused-ring (bicyclic) bond motifs is 1. The molecule has 0 unspecified atom stereocenters. The van der Waals surface area contributed by atoms with Gasteiger partial charge in [-0.15, -0.1) is 11.3 Å². The zero-order valence-electron chi connectivity index (χ0n) is 13.2. The van der Waals surface area contributed by atoms with E-state index in [0.717, 1.165) is 4.88 Å². The molecule has 0 aliphatic rings.